The van der Waals surface area contributed by atoms with Crippen molar-refractivity contribution < 1.29 is 4.39 Å². The number of piperidine rings is 1. The van der Waals surface area contributed by atoms with Gasteiger partial charge in [-0.25, -0.2) is 4.39 Å². The molecule has 2 rings (SSSR count). The third kappa shape index (κ3) is 3.35. The number of halogens is 1. The van der Waals surface area contributed by atoms with Gasteiger partial charge in [-0.15, -0.1) is 6.58 Å². The Balaban J connectivity index is 2.38. The minimum atomic E-state index is -0.709. The molecule has 0 aliphatic carbocycles. The number of hydrogen-bond acceptors (Lipinski definition) is 2. The number of nitrogens with two attached hydrogens (primary N) is 1. The molecule has 1 fully saturated rings. The molecule has 1 heterocycles. The zero-order valence-electron chi connectivity index (χ0n) is 13.0. The first-order valence-electron chi connectivity index (χ1n) is 8.02. The van der Waals surface area contributed by atoms with Crippen LogP contribution in [0.25, 0.3) is 0 Å². The van der Waals surface area contributed by atoms with Gasteiger partial charge in [0.15, 0.2) is 0 Å². The van der Waals surface area contributed by atoms with Gasteiger partial charge in [-0.2, -0.15) is 0 Å². The molecule has 3 heteroatoms. The Hall–Kier alpha value is -1.19. The van der Waals surface area contributed by atoms with Gasteiger partial charge in [0.2, 0.25) is 0 Å². The van der Waals surface area contributed by atoms with Crippen molar-refractivity contribution in [3.8, 4) is 0 Å². The maximum atomic E-state index is 14.3. The second-order valence-corrected chi connectivity index (χ2v) is 6.03. The minimum absolute atomic E-state index is 0.146. The van der Waals surface area contributed by atoms with E-state index in [1.807, 2.05) is 18.2 Å². The van der Waals surface area contributed by atoms with E-state index in [0.717, 1.165) is 19.5 Å². The van der Waals surface area contributed by atoms with Crippen LogP contribution in [0.3, 0.4) is 0 Å². The molecule has 0 spiro atoms. The summed E-state index contributed by atoms with van der Waals surface area (Å²) in [6, 6.07) is 7.06. The van der Waals surface area contributed by atoms with E-state index in [4.69, 9.17) is 5.73 Å². The molecule has 1 aliphatic rings. The van der Waals surface area contributed by atoms with E-state index in [9.17, 15) is 4.39 Å². The Morgan fingerprint density at radius 2 is 2.00 bits per heavy atom. The van der Waals surface area contributed by atoms with E-state index in [1.165, 1.54) is 25.3 Å². The Morgan fingerprint density at radius 1 is 1.33 bits per heavy atom. The van der Waals surface area contributed by atoms with Crippen molar-refractivity contribution in [1.29, 1.82) is 0 Å². The molecular formula is C18H27FN2. The molecule has 2 nitrogen and oxygen atoms in total. The average molecular weight is 290 g/mol. The van der Waals surface area contributed by atoms with Gasteiger partial charge < -0.3 is 5.73 Å². The lowest BCUT2D eigenvalue weighted by atomic mass is 9.78. The first-order chi connectivity index (χ1) is 10.1. The molecule has 2 N–H and O–H groups in total. The van der Waals surface area contributed by atoms with Gasteiger partial charge in [-0.1, -0.05) is 37.6 Å². The van der Waals surface area contributed by atoms with Crippen LogP contribution in [0.1, 0.15) is 44.6 Å². The zero-order valence-corrected chi connectivity index (χ0v) is 13.0. The van der Waals surface area contributed by atoms with Crippen LogP contribution in [-0.4, -0.2) is 24.0 Å². The summed E-state index contributed by atoms with van der Waals surface area (Å²) in [4.78, 5) is 2.44. The number of benzene rings is 1. The van der Waals surface area contributed by atoms with Crippen LogP contribution in [0.5, 0.6) is 0 Å². The van der Waals surface area contributed by atoms with Crippen LogP contribution in [-0.2, 0) is 5.54 Å². The number of rotatable bonds is 6. The summed E-state index contributed by atoms with van der Waals surface area (Å²) in [6.45, 7) is 8.10. The van der Waals surface area contributed by atoms with E-state index < -0.39 is 5.54 Å². The molecule has 21 heavy (non-hydrogen) atoms. The summed E-state index contributed by atoms with van der Waals surface area (Å²) in [7, 11) is 0. The van der Waals surface area contributed by atoms with Crippen molar-refractivity contribution in [1.82, 2.24) is 4.90 Å². The molecule has 0 saturated carbocycles. The van der Waals surface area contributed by atoms with Crippen molar-refractivity contribution in [2.45, 2.75) is 50.6 Å². The molecular weight excluding hydrogens is 263 g/mol. The van der Waals surface area contributed by atoms with Crippen LogP contribution >= 0.6 is 0 Å². The van der Waals surface area contributed by atoms with Gasteiger partial charge in [-0.3, -0.25) is 4.90 Å². The molecule has 0 aromatic heterocycles. The molecule has 1 aliphatic heterocycles. The SMILES string of the molecule is C=CCC(N)(c1ccccc1F)C(CC)N1CCCCC1. The molecule has 1 saturated heterocycles. The summed E-state index contributed by atoms with van der Waals surface area (Å²) in [5.74, 6) is -0.211. The zero-order chi connectivity index (χ0) is 15.3. The predicted octanol–water partition coefficient (Wildman–Crippen LogP) is 3.82. The Labute approximate surface area is 127 Å². The highest BCUT2D eigenvalue weighted by molar-refractivity contribution is 5.29. The van der Waals surface area contributed by atoms with E-state index in [-0.39, 0.29) is 11.9 Å². The quantitative estimate of drug-likeness (QED) is 0.807. The predicted molar refractivity (Wildman–Crippen MR) is 86.6 cm³/mol. The van der Waals surface area contributed by atoms with Crippen molar-refractivity contribution in [3.63, 3.8) is 0 Å². The number of hydrogen-bond donors (Lipinski definition) is 1. The maximum Gasteiger partial charge on any atom is 0.128 e. The fraction of sp³-hybridized carbons (Fsp3) is 0.556. The van der Waals surface area contributed by atoms with E-state index in [2.05, 4.69) is 18.4 Å². The second kappa shape index (κ2) is 7.19. The van der Waals surface area contributed by atoms with Crippen molar-refractivity contribution >= 4 is 0 Å². The van der Waals surface area contributed by atoms with Crippen LogP contribution < -0.4 is 5.73 Å². The van der Waals surface area contributed by atoms with Crippen LogP contribution in [0.2, 0.25) is 0 Å². The van der Waals surface area contributed by atoms with Crippen molar-refractivity contribution in [2.24, 2.45) is 5.73 Å². The van der Waals surface area contributed by atoms with Gasteiger partial charge in [0.05, 0.1) is 5.54 Å². The maximum absolute atomic E-state index is 14.3. The molecule has 0 bridgehead atoms. The molecule has 0 radical (unpaired) electrons. The number of likely N-dealkylation sites (tertiary alicyclic amines) is 1. The molecule has 1 aromatic carbocycles. The van der Waals surface area contributed by atoms with E-state index >= 15 is 0 Å². The minimum Gasteiger partial charge on any atom is -0.320 e. The largest absolute Gasteiger partial charge is 0.320 e. The fourth-order valence-corrected chi connectivity index (χ4v) is 3.68. The Kier molecular flexibility index (Phi) is 5.54. The molecule has 2 unspecified atom stereocenters. The normalized spacial score (nSPS) is 20.7. The highest BCUT2D eigenvalue weighted by atomic mass is 19.1. The van der Waals surface area contributed by atoms with Crippen LogP contribution in [0.15, 0.2) is 36.9 Å². The third-order valence-electron chi connectivity index (χ3n) is 4.67. The summed E-state index contributed by atoms with van der Waals surface area (Å²) in [5, 5.41) is 0. The topological polar surface area (TPSA) is 29.3 Å². The van der Waals surface area contributed by atoms with Gasteiger partial charge in [0.1, 0.15) is 5.82 Å². The lowest BCUT2D eigenvalue weighted by Crippen LogP contribution is -2.57. The molecule has 0 amide bonds. The number of nitrogens with zero attached hydrogens (tertiary/aromatic N) is 1. The summed E-state index contributed by atoms with van der Waals surface area (Å²) < 4.78 is 14.3. The lowest BCUT2D eigenvalue weighted by Gasteiger charge is -2.45. The monoisotopic (exact) mass is 290 g/mol. The lowest BCUT2D eigenvalue weighted by molar-refractivity contribution is 0.0914. The summed E-state index contributed by atoms with van der Waals surface area (Å²) in [6.07, 6.45) is 7.02. The van der Waals surface area contributed by atoms with Crippen LogP contribution in [0.4, 0.5) is 4.39 Å². The summed E-state index contributed by atoms with van der Waals surface area (Å²) >= 11 is 0. The fourth-order valence-electron chi connectivity index (χ4n) is 3.68. The van der Waals surface area contributed by atoms with E-state index in [0.29, 0.717) is 12.0 Å². The van der Waals surface area contributed by atoms with E-state index in [1.54, 1.807) is 6.07 Å². The average Bonchev–Trinajstić information content (AvgIpc) is 2.49. The first-order valence-corrected chi connectivity index (χ1v) is 8.02. The smallest absolute Gasteiger partial charge is 0.128 e. The second-order valence-electron chi connectivity index (χ2n) is 6.03. The van der Waals surface area contributed by atoms with Crippen molar-refractivity contribution in [2.75, 3.05) is 13.1 Å². The first kappa shape index (κ1) is 16.2. The van der Waals surface area contributed by atoms with Gasteiger partial charge >= 0.3 is 0 Å². The van der Waals surface area contributed by atoms with Gasteiger partial charge in [0, 0.05) is 11.6 Å². The van der Waals surface area contributed by atoms with Gasteiger partial charge in [-0.05, 0) is 44.8 Å². The highest BCUT2D eigenvalue weighted by Gasteiger charge is 2.40. The Morgan fingerprint density at radius 3 is 2.57 bits per heavy atom. The molecule has 2 atom stereocenters. The molecule has 116 valence electrons. The van der Waals surface area contributed by atoms with Gasteiger partial charge in [0.25, 0.3) is 0 Å². The van der Waals surface area contributed by atoms with Crippen LogP contribution in [0, 0.1) is 5.82 Å². The summed E-state index contributed by atoms with van der Waals surface area (Å²) in [5.41, 5.74) is 6.67. The Bertz CT molecular complexity index is 468. The van der Waals surface area contributed by atoms with Crippen molar-refractivity contribution in [3.05, 3.63) is 48.3 Å². The highest BCUT2D eigenvalue weighted by Crippen LogP contribution is 2.34. The standard InChI is InChI=1S/C18H27FN2/c1-3-12-18(20,15-10-6-7-11-16(15)19)17(4-2)21-13-8-5-9-14-21/h3,6-7,10-11,17H,1,4-5,8-9,12-14,20H2,2H3. The third-order valence-corrected chi connectivity index (χ3v) is 4.67. The molecule has 1 aromatic rings.